The molecular weight excluding hydrogens is 249 g/mol. The molecule has 0 bridgehead atoms. The molecule has 106 valence electrons. The predicted molar refractivity (Wildman–Crippen MR) is 83.0 cm³/mol. The highest BCUT2D eigenvalue weighted by Crippen LogP contribution is 2.30. The van der Waals surface area contributed by atoms with Gasteiger partial charge in [0.2, 0.25) is 0 Å². The minimum absolute atomic E-state index is 0.153. The van der Waals surface area contributed by atoms with E-state index in [1.165, 1.54) is 11.6 Å². The highest BCUT2D eigenvalue weighted by Gasteiger charge is 2.17. The summed E-state index contributed by atoms with van der Waals surface area (Å²) in [6, 6.07) is 13.4. The summed E-state index contributed by atoms with van der Waals surface area (Å²) in [7, 11) is 0. The third-order valence-electron chi connectivity index (χ3n) is 4.13. The molecular formula is C18H22FN. The van der Waals surface area contributed by atoms with Crippen LogP contribution in [0.5, 0.6) is 0 Å². The molecule has 0 aromatic heterocycles. The number of benzene rings is 2. The van der Waals surface area contributed by atoms with E-state index in [9.17, 15) is 4.39 Å². The van der Waals surface area contributed by atoms with Crippen molar-refractivity contribution in [3.63, 3.8) is 0 Å². The maximum absolute atomic E-state index is 14.1. The van der Waals surface area contributed by atoms with Gasteiger partial charge in [0.05, 0.1) is 0 Å². The van der Waals surface area contributed by atoms with Crippen LogP contribution in [0.15, 0.2) is 42.5 Å². The van der Waals surface area contributed by atoms with E-state index >= 15 is 0 Å². The van der Waals surface area contributed by atoms with Crippen LogP contribution in [0.2, 0.25) is 0 Å². The zero-order valence-corrected chi connectivity index (χ0v) is 12.4. The molecule has 0 heterocycles. The van der Waals surface area contributed by atoms with Gasteiger partial charge in [0.25, 0.3) is 0 Å². The van der Waals surface area contributed by atoms with Gasteiger partial charge in [-0.2, -0.15) is 0 Å². The maximum Gasteiger partial charge on any atom is 0.131 e. The van der Waals surface area contributed by atoms with Crippen LogP contribution in [0.4, 0.5) is 4.39 Å². The Morgan fingerprint density at radius 1 is 1.05 bits per heavy atom. The Bertz CT molecular complexity index is 585. The highest BCUT2D eigenvalue weighted by molar-refractivity contribution is 5.65. The van der Waals surface area contributed by atoms with Gasteiger partial charge in [-0.15, -0.1) is 0 Å². The van der Waals surface area contributed by atoms with Crippen LogP contribution in [0.3, 0.4) is 0 Å². The largest absolute Gasteiger partial charge is 0.326 e. The zero-order valence-electron chi connectivity index (χ0n) is 12.4. The molecule has 0 aliphatic heterocycles. The van der Waals surface area contributed by atoms with Crippen LogP contribution in [-0.4, -0.2) is 0 Å². The standard InChI is InChI=1S/C18H22FN/c1-4-18(2,3)15-8-6-14(7-9-15)16-10-5-13(12-20)11-17(16)19/h5-11H,4,12,20H2,1-3H3. The molecule has 20 heavy (non-hydrogen) atoms. The normalized spacial score (nSPS) is 11.7. The van der Waals surface area contributed by atoms with Gasteiger partial charge in [0.15, 0.2) is 0 Å². The second kappa shape index (κ2) is 5.76. The van der Waals surface area contributed by atoms with E-state index in [4.69, 9.17) is 5.73 Å². The molecule has 0 radical (unpaired) electrons. The molecule has 0 atom stereocenters. The van der Waals surface area contributed by atoms with Crippen molar-refractivity contribution in [1.29, 1.82) is 0 Å². The predicted octanol–water partition coefficient (Wildman–Crippen LogP) is 4.64. The molecule has 0 spiro atoms. The summed E-state index contributed by atoms with van der Waals surface area (Å²) in [4.78, 5) is 0. The molecule has 0 unspecified atom stereocenters. The van der Waals surface area contributed by atoms with Crippen molar-refractivity contribution in [3.05, 3.63) is 59.4 Å². The molecule has 2 rings (SSSR count). The van der Waals surface area contributed by atoms with Crippen LogP contribution in [0.25, 0.3) is 11.1 Å². The van der Waals surface area contributed by atoms with Gasteiger partial charge in [0, 0.05) is 12.1 Å². The average molecular weight is 271 g/mol. The van der Waals surface area contributed by atoms with E-state index in [0.717, 1.165) is 17.5 Å². The Morgan fingerprint density at radius 2 is 1.70 bits per heavy atom. The molecule has 2 aromatic rings. The van der Waals surface area contributed by atoms with Crippen molar-refractivity contribution in [1.82, 2.24) is 0 Å². The first-order valence-corrected chi connectivity index (χ1v) is 7.07. The van der Waals surface area contributed by atoms with Gasteiger partial charge in [-0.3, -0.25) is 0 Å². The lowest BCUT2D eigenvalue weighted by atomic mass is 9.82. The van der Waals surface area contributed by atoms with Crippen LogP contribution in [0.1, 0.15) is 38.3 Å². The zero-order chi connectivity index (χ0) is 14.8. The summed E-state index contributed by atoms with van der Waals surface area (Å²) in [6.45, 7) is 6.98. The molecule has 0 aliphatic carbocycles. The number of nitrogens with two attached hydrogens (primary N) is 1. The number of hydrogen-bond acceptors (Lipinski definition) is 1. The molecule has 0 fully saturated rings. The lowest BCUT2D eigenvalue weighted by Crippen LogP contribution is -2.14. The van der Waals surface area contributed by atoms with E-state index in [-0.39, 0.29) is 11.2 Å². The maximum atomic E-state index is 14.1. The summed E-state index contributed by atoms with van der Waals surface area (Å²) in [5.74, 6) is -0.213. The van der Waals surface area contributed by atoms with Crippen molar-refractivity contribution in [2.24, 2.45) is 5.73 Å². The quantitative estimate of drug-likeness (QED) is 0.861. The minimum atomic E-state index is -0.213. The number of hydrogen-bond donors (Lipinski definition) is 1. The van der Waals surface area contributed by atoms with Crippen molar-refractivity contribution < 1.29 is 4.39 Å². The highest BCUT2D eigenvalue weighted by atomic mass is 19.1. The van der Waals surface area contributed by atoms with Crippen LogP contribution in [-0.2, 0) is 12.0 Å². The summed E-state index contributed by atoms with van der Waals surface area (Å²) in [6.07, 6.45) is 1.08. The van der Waals surface area contributed by atoms with Crippen molar-refractivity contribution in [3.8, 4) is 11.1 Å². The smallest absolute Gasteiger partial charge is 0.131 e. The van der Waals surface area contributed by atoms with Crippen LogP contribution in [0, 0.1) is 5.82 Å². The summed E-state index contributed by atoms with van der Waals surface area (Å²) >= 11 is 0. The Kier molecular flexibility index (Phi) is 4.24. The minimum Gasteiger partial charge on any atom is -0.326 e. The topological polar surface area (TPSA) is 26.0 Å². The molecule has 0 saturated carbocycles. The fraction of sp³-hybridized carbons (Fsp3) is 0.333. The van der Waals surface area contributed by atoms with Gasteiger partial charge in [-0.25, -0.2) is 4.39 Å². The summed E-state index contributed by atoms with van der Waals surface area (Å²) < 4.78 is 14.1. The monoisotopic (exact) mass is 271 g/mol. The number of halogens is 1. The Hall–Kier alpha value is -1.67. The second-order valence-corrected chi connectivity index (χ2v) is 5.83. The first-order valence-electron chi connectivity index (χ1n) is 7.07. The Morgan fingerprint density at radius 3 is 2.20 bits per heavy atom. The van der Waals surface area contributed by atoms with Gasteiger partial charge < -0.3 is 5.73 Å². The van der Waals surface area contributed by atoms with Crippen molar-refractivity contribution in [2.45, 2.75) is 39.2 Å². The third-order valence-corrected chi connectivity index (χ3v) is 4.13. The van der Waals surface area contributed by atoms with Crippen molar-refractivity contribution in [2.75, 3.05) is 0 Å². The first kappa shape index (κ1) is 14.7. The second-order valence-electron chi connectivity index (χ2n) is 5.83. The lowest BCUT2D eigenvalue weighted by Gasteiger charge is -2.23. The van der Waals surface area contributed by atoms with Gasteiger partial charge in [-0.1, -0.05) is 57.2 Å². The Labute approximate surface area is 120 Å². The van der Waals surface area contributed by atoms with Gasteiger partial charge >= 0.3 is 0 Å². The van der Waals surface area contributed by atoms with Crippen LogP contribution >= 0.6 is 0 Å². The van der Waals surface area contributed by atoms with E-state index < -0.39 is 0 Å². The molecule has 0 saturated heterocycles. The average Bonchev–Trinajstić information content (AvgIpc) is 2.47. The SMILES string of the molecule is CCC(C)(C)c1ccc(-c2ccc(CN)cc2F)cc1. The lowest BCUT2D eigenvalue weighted by molar-refractivity contribution is 0.506. The Balaban J connectivity index is 2.35. The fourth-order valence-corrected chi connectivity index (χ4v) is 2.22. The fourth-order valence-electron chi connectivity index (χ4n) is 2.22. The van der Waals surface area contributed by atoms with E-state index in [0.29, 0.717) is 12.1 Å². The van der Waals surface area contributed by atoms with Gasteiger partial charge in [0.1, 0.15) is 5.82 Å². The van der Waals surface area contributed by atoms with Gasteiger partial charge in [-0.05, 0) is 34.6 Å². The first-order chi connectivity index (χ1) is 9.47. The van der Waals surface area contributed by atoms with Crippen LogP contribution < -0.4 is 5.73 Å². The van der Waals surface area contributed by atoms with E-state index in [2.05, 4.69) is 32.9 Å². The van der Waals surface area contributed by atoms with E-state index in [1.807, 2.05) is 18.2 Å². The molecule has 2 N–H and O–H groups in total. The summed E-state index contributed by atoms with van der Waals surface area (Å²) in [5, 5.41) is 0. The van der Waals surface area contributed by atoms with E-state index in [1.54, 1.807) is 6.07 Å². The molecule has 0 amide bonds. The number of rotatable bonds is 4. The molecule has 1 nitrogen and oxygen atoms in total. The molecule has 2 heteroatoms. The summed E-state index contributed by atoms with van der Waals surface area (Å²) in [5.41, 5.74) is 9.30. The molecule has 0 aliphatic rings. The van der Waals surface area contributed by atoms with Crippen molar-refractivity contribution >= 4 is 0 Å². The third kappa shape index (κ3) is 2.91. The molecule has 2 aromatic carbocycles.